The molecule has 1 saturated heterocycles. The van der Waals surface area contributed by atoms with Crippen LogP contribution in [0.3, 0.4) is 0 Å². The van der Waals surface area contributed by atoms with Crippen LogP contribution in [0.4, 0.5) is 17.1 Å². The summed E-state index contributed by atoms with van der Waals surface area (Å²) in [5.74, 6) is 0.539. The molecule has 47 heavy (non-hydrogen) atoms. The number of nitro benzene ring substituents is 1. The molecule has 2 atom stereocenters. The van der Waals surface area contributed by atoms with Gasteiger partial charge < -0.3 is 10.2 Å². The van der Waals surface area contributed by atoms with E-state index in [-0.39, 0.29) is 21.8 Å². The molecular weight excluding hydrogens is 614 g/mol. The molecule has 254 valence electrons. The van der Waals surface area contributed by atoms with Crippen LogP contribution in [0.5, 0.6) is 0 Å². The number of nitrogens with one attached hydrogen (secondary N) is 2. The van der Waals surface area contributed by atoms with E-state index in [0.29, 0.717) is 28.8 Å². The van der Waals surface area contributed by atoms with Crippen LogP contribution in [-0.4, -0.2) is 62.4 Å². The maximum atomic E-state index is 13.1. The SMILES string of the molecule is CC12CC3CC(C)(C1)CC(N1CCN(c4ccc(C(=O)NS(=O)(=O)c5ccc(NCC6CCCCC6)c([N+](=O)[O-])c5)cc4)CC1)(C3)C2. The molecule has 0 aromatic heterocycles. The molecule has 2 aromatic rings. The van der Waals surface area contributed by atoms with E-state index in [2.05, 4.69) is 33.7 Å². The highest BCUT2D eigenvalue weighted by Crippen LogP contribution is 2.67. The fourth-order valence-electron chi connectivity index (χ4n) is 10.9. The van der Waals surface area contributed by atoms with Crippen molar-refractivity contribution >= 4 is 33.0 Å². The molecule has 2 N–H and O–H groups in total. The van der Waals surface area contributed by atoms with Gasteiger partial charge in [-0.15, -0.1) is 0 Å². The lowest BCUT2D eigenvalue weighted by molar-refractivity contribution is -0.384. The summed E-state index contributed by atoms with van der Waals surface area (Å²) in [5, 5.41) is 15.0. The normalized spacial score (nSPS) is 31.1. The first-order valence-corrected chi connectivity index (χ1v) is 19.0. The Bertz CT molecular complexity index is 1610. The topological polar surface area (TPSA) is 125 Å². The Morgan fingerprint density at radius 3 is 2.19 bits per heavy atom. The Morgan fingerprint density at radius 2 is 1.57 bits per heavy atom. The Hall–Kier alpha value is -3.18. The Morgan fingerprint density at radius 1 is 0.915 bits per heavy atom. The van der Waals surface area contributed by atoms with Crippen LogP contribution in [0.25, 0.3) is 0 Å². The summed E-state index contributed by atoms with van der Waals surface area (Å²) in [6, 6.07) is 10.8. The lowest BCUT2D eigenvalue weighted by Gasteiger charge is -2.68. The van der Waals surface area contributed by atoms with E-state index < -0.39 is 20.9 Å². The van der Waals surface area contributed by atoms with E-state index in [0.717, 1.165) is 69.5 Å². The van der Waals surface area contributed by atoms with E-state index in [4.69, 9.17) is 0 Å². The number of anilines is 2. The molecule has 0 radical (unpaired) electrons. The van der Waals surface area contributed by atoms with Gasteiger partial charge in [-0.25, -0.2) is 13.1 Å². The van der Waals surface area contributed by atoms with E-state index >= 15 is 0 Å². The summed E-state index contributed by atoms with van der Waals surface area (Å²) in [7, 11) is -4.33. The van der Waals surface area contributed by atoms with Gasteiger partial charge in [-0.2, -0.15) is 0 Å². The van der Waals surface area contributed by atoms with Gasteiger partial charge in [0.05, 0.1) is 9.82 Å². The summed E-state index contributed by atoms with van der Waals surface area (Å²) in [6.07, 6.45) is 13.9. The first-order valence-electron chi connectivity index (χ1n) is 17.5. The second kappa shape index (κ2) is 12.1. The Balaban J connectivity index is 0.964. The van der Waals surface area contributed by atoms with Crippen molar-refractivity contribution in [1.82, 2.24) is 9.62 Å². The third-order valence-electron chi connectivity index (χ3n) is 12.1. The highest BCUT2D eigenvalue weighted by Gasteiger charge is 2.61. The molecule has 5 saturated carbocycles. The fraction of sp³-hybridized carbons (Fsp3) is 0.639. The second-order valence-electron chi connectivity index (χ2n) is 16.1. The lowest BCUT2D eigenvalue weighted by Crippen LogP contribution is -2.67. The number of amides is 1. The van der Waals surface area contributed by atoms with Crippen molar-refractivity contribution in [2.45, 2.75) is 94.9 Å². The van der Waals surface area contributed by atoms with Gasteiger partial charge >= 0.3 is 0 Å². The monoisotopic (exact) mass is 663 g/mol. The van der Waals surface area contributed by atoms with Gasteiger partial charge in [0, 0.05) is 55.6 Å². The van der Waals surface area contributed by atoms with Crippen LogP contribution < -0.4 is 14.9 Å². The summed E-state index contributed by atoms with van der Waals surface area (Å²) in [4.78, 5) is 29.1. The van der Waals surface area contributed by atoms with Gasteiger partial charge in [-0.1, -0.05) is 33.1 Å². The standard InChI is InChI=1S/C36H49N5O5S/c1-34-19-27-20-35(2,23-34)25-36(21-27,24-34)40-16-14-39(15-17-40)29-10-8-28(9-11-29)33(42)38-47(45,46)30-12-13-31(32(18-30)41(43)44)37-22-26-6-4-3-5-7-26/h8-13,18,26-27,37H,3-7,14-17,19-25H2,1-2H3,(H,38,42). The van der Waals surface area contributed by atoms with Crippen molar-refractivity contribution in [3.8, 4) is 0 Å². The summed E-state index contributed by atoms with van der Waals surface area (Å²) < 4.78 is 28.4. The number of rotatable bonds is 9. The largest absolute Gasteiger partial charge is 0.379 e. The number of carbonyl (C=O) groups is 1. The van der Waals surface area contributed by atoms with Gasteiger partial charge in [-0.3, -0.25) is 19.8 Å². The van der Waals surface area contributed by atoms with Gasteiger partial charge in [0.1, 0.15) is 5.69 Å². The number of sulfonamides is 1. The Kier molecular flexibility index (Phi) is 8.30. The summed E-state index contributed by atoms with van der Waals surface area (Å²) in [6.45, 7) is 9.56. The van der Waals surface area contributed by atoms with Crippen LogP contribution >= 0.6 is 0 Å². The average molecular weight is 664 g/mol. The molecule has 1 amide bonds. The zero-order valence-electron chi connectivity index (χ0n) is 27.8. The third kappa shape index (κ3) is 6.49. The molecule has 4 bridgehead atoms. The van der Waals surface area contributed by atoms with Crippen molar-refractivity contribution in [2.75, 3.05) is 42.9 Å². The third-order valence-corrected chi connectivity index (χ3v) is 13.4. The molecule has 6 aliphatic rings. The number of benzene rings is 2. The molecule has 10 nitrogen and oxygen atoms in total. The second-order valence-corrected chi connectivity index (χ2v) is 17.8. The number of piperazine rings is 1. The molecule has 6 fully saturated rings. The molecule has 5 aliphatic carbocycles. The van der Waals surface area contributed by atoms with Crippen molar-refractivity contribution in [3.63, 3.8) is 0 Å². The predicted molar refractivity (Wildman–Crippen MR) is 183 cm³/mol. The molecule has 11 heteroatoms. The minimum absolute atomic E-state index is 0.214. The molecule has 2 aromatic carbocycles. The van der Waals surface area contributed by atoms with E-state index in [9.17, 15) is 23.3 Å². The average Bonchev–Trinajstić information content (AvgIpc) is 3.02. The number of hydrogen-bond acceptors (Lipinski definition) is 8. The van der Waals surface area contributed by atoms with Gasteiger partial charge in [0.25, 0.3) is 21.6 Å². The first kappa shape index (κ1) is 32.4. The number of carbonyl (C=O) groups excluding carboxylic acids is 1. The number of nitro groups is 1. The fourth-order valence-corrected chi connectivity index (χ4v) is 11.9. The van der Waals surface area contributed by atoms with Gasteiger partial charge in [0.15, 0.2) is 0 Å². The first-order chi connectivity index (χ1) is 22.3. The molecule has 1 aliphatic heterocycles. The van der Waals surface area contributed by atoms with Crippen LogP contribution in [0.1, 0.15) is 94.8 Å². The maximum absolute atomic E-state index is 13.1. The maximum Gasteiger partial charge on any atom is 0.293 e. The van der Waals surface area contributed by atoms with Crippen molar-refractivity contribution in [3.05, 3.63) is 58.1 Å². The quantitative estimate of drug-likeness (QED) is 0.228. The smallest absolute Gasteiger partial charge is 0.293 e. The van der Waals surface area contributed by atoms with E-state index in [1.165, 1.54) is 57.1 Å². The van der Waals surface area contributed by atoms with Crippen molar-refractivity contribution in [2.24, 2.45) is 22.7 Å². The lowest BCUT2D eigenvalue weighted by atomic mass is 9.42. The van der Waals surface area contributed by atoms with Crippen LogP contribution in [0, 0.1) is 32.8 Å². The molecular formula is C36H49N5O5S. The van der Waals surface area contributed by atoms with E-state index in [1.54, 1.807) is 12.1 Å². The van der Waals surface area contributed by atoms with Crippen LogP contribution in [0.15, 0.2) is 47.4 Å². The van der Waals surface area contributed by atoms with Crippen molar-refractivity contribution < 1.29 is 18.1 Å². The number of hydrogen-bond donors (Lipinski definition) is 2. The van der Waals surface area contributed by atoms with Crippen LogP contribution in [0.2, 0.25) is 0 Å². The minimum Gasteiger partial charge on any atom is -0.379 e. The summed E-state index contributed by atoms with van der Waals surface area (Å²) in [5.41, 5.74) is 2.49. The van der Waals surface area contributed by atoms with Crippen LogP contribution in [-0.2, 0) is 10.0 Å². The Labute approximate surface area is 278 Å². The zero-order valence-corrected chi connectivity index (χ0v) is 28.6. The zero-order chi connectivity index (χ0) is 33.0. The van der Waals surface area contributed by atoms with Crippen molar-refractivity contribution in [1.29, 1.82) is 0 Å². The molecule has 2 unspecified atom stereocenters. The van der Waals surface area contributed by atoms with Gasteiger partial charge in [-0.05, 0) is 110 Å². The molecule has 0 spiro atoms. The highest BCUT2D eigenvalue weighted by molar-refractivity contribution is 7.90. The number of nitrogens with zero attached hydrogens (tertiary/aromatic N) is 3. The predicted octanol–water partition coefficient (Wildman–Crippen LogP) is 6.58. The highest BCUT2D eigenvalue weighted by atomic mass is 32.2. The molecule has 1 heterocycles. The van der Waals surface area contributed by atoms with Gasteiger partial charge in [0.2, 0.25) is 0 Å². The van der Waals surface area contributed by atoms with E-state index in [1.807, 2.05) is 12.1 Å². The summed E-state index contributed by atoms with van der Waals surface area (Å²) >= 11 is 0. The molecule has 8 rings (SSSR count). The minimum atomic E-state index is -4.33.